The van der Waals surface area contributed by atoms with Crippen LogP contribution in [-0.2, 0) is 4.79 Å². The van der Waals surface area contributed by atoms with Gasteiger partial charge in [0, 0.05) is 12.6 Å². The Bertz CT molecular complexity index is 916. The van der Waals surface area contributed by atoms with Gasteiger partial charge in [-0.3, -0.25) is 15.0 Å². The van der Waals surface area contributed by atoms with E-state index in [0.29, 0.717) is 17.1 Å². The highest BCUT2D eigenvalue weighted by Gasteiger charge is 2.35. The molecule has 2 aromatic carbocycles. The third kappa shape index (κ3) is 2.26. The van der Waals surface area contributed by atoms with Crippen molar-refractivity contribution >= 4 is 28.5 Å². The summed E-state index contributed by atoms with van der Waals surface area (Å²) in [5.41, 5.74) is 5.45. The standard InChI is InChI=1S/C17H15N5O2/c1-10(23)21-22-16(15-18-13-8-4-5-9-14(13)19-15)20-12-7-3-2-6-11(12)17(22)24/h2-9,16,20H,1H3,(H,18,19)(H,21,23)/t16-/m1/s1. The molecule has 120 valence electrons. The molecular formula is C17H15N5O2. The van der Waals surface area contributed by atoms with Crippen molar-refractivity contribution in [3.05, 3.63) is 59.9 Å². The van der Waals surface area contributed by atoms with Gasteiger partial charge in [0.25, 0.3) is 5.91 Å². The second kappa shape index (κ2) is 5.38. The number of amides is 2. The third-order valence-corrected chi connectivity index (χ3v) is 3.87. The van der Waals surface area contributed by atoms with Crippen LogP contribution < -0.4 is 10.7 Å². The van der Waals surface area contributed by atoms with Crippen LogP contribution >= 0.6 is 0 Å². The highest BCUT2D eigenvalue weighted by atomic mass is 16.2. The molecule has 1 aliphatic rings. The maximum atomic E-state index is 12.8. The van der Waals surface area contributed by atoms with Crippen LogP contribution in [0, 0.1) is 0 Å². The number of aromatic nitrogens is 2. The van der Waals surface area contributed by atoms with Crippen LogP contribution in [0.1, 0.15) is 29.3 Å². The van der Waals surface area contributed by atoms with Gasteiger partial charge in [-0.15, -0.1) is 0 Å². The van der Waals surface area contributed by atoms with E-state index >= 15 is 0 Å². The van der Waals surface area contributed by atoms with Crippen molar-refractivity contribution in [1.82, 2.24) is 20.4 Å². The Morgan fingerprint density at radius 3 is 2.71 bits per heavy atom. The van der Waals surface area contributed by atoms with Crippen molar-refractivity contribution in [3.63, 3.8) is 0 Å². The molecular weight excluding hydrogens is 306 g/mol. The number of carbonyl (C=O) groups excluding carboxylic acids is 2. The molecule has 1 aromatic heterocycles. The summed E-state index contributed by atoms with van der Waals surface area (Å²) in [6, 6.07) is 14.8. The topological polar surface area (TPSA) is 90.1 Å². The van der Waals surface area contributed by atoms with E-state index in [9.17, 15) is 9.59 Å². The van der Waals surface area contributed by atoms with Crippen molar-refractivity contribution in [2.45, 2.75) is 13.1 Å². The number of fused-ring (bicyclic) bond motifs is 2. The maximum Gasteiger partial charge on any atom is 0.276 e. The molecule has 3 N–H and O–H groups in total. The van der Waals surface area contributed by atoms with Gasteiger partial charge in [-0.2, -0.15) is 0 Å². The zero-order valence-electron chi connectivity index (χ0n) is 12.9. The smallest absolute Gasteiger partial charge is 0.276 e. The monoisotopic (exact) mass is 321 g/mol. The Labute approximate surface area is 137 Å². The molecule has 0 saturated carbocycles. The van der Waals surface area contributed by atoms with Crippen LogP contribution in [0.2, 0.25) is 0 Å². The van der Waals surface area contributed by atoms with Crippen LogP contribution in [0.15, 0.2) is 48.5 Å². The zero-order chi connectivity index (χ0) is 16.7. The minimum absolute atomic E-state index is 0.287. The van der Waals surface area contributed by atoms with Crippen molar-refractivity contribution in [2.24, 2.45) is 0 Å². The summed E-state index contributed by atoms with van der Waals surface area (Å²) in [6.45, 7) is 1.36. The average Bonchev–Trinajstić information content (AvgIpc) is 3.01. The lowest BCUT2D eigenvalue weighted by Crippen LogP contribution is -2.52. The van der Waals surface area contributed by atoms with Gasteiger partial charge in [0.15, 0.2) is 12.0 Å². The molecule has 0 unspecified atom stereocenters. The van der Waals surface area contributed by atoms with Crippen molar-refractivity contribution in [2.75, 3.05) is 5.32 Å². The van der Waals surface area contributed by atoms with Crippen LogP contribution in [-0.4, -0.2) is 26.8 Å². The van der Waals surface area contributed by atoms with E-state index in [4.69, 9.17) is 0 Å². The van der Waals surface area contributed by atoms with E-state index in [2.05, 4.69) is 20.7 Å². The molecule has 2 amide bonds. The summed E-state index contributed by atoms with van der Waals surface area (Å²) in [5, 5.41) is 4.52. The van der Waals surface area contributed by atoms with Crippen molar-refractivity contribution in [1.29, 1.82) is 0 Å². The van der Waals surface area contributed by atoms with Crippen molar-refractivity contribution in [3.8, 4) is 0 Å². The van der Waals surface area contributed by atoms with E-state index in [1.807, 2.05) is 36.4 Å². The lowest BCUT2D eigenvalue weighted by Gasteiger charge is -2.36. The number of hydrogen-bond acceptors (Lipinski definition) is 4. The molecule has 1 atom stereocenters. The molecule has 0 fully saturated rings. The maximum absolute atomic E-state index is 12.8. The molecule has 7 nitrogen and oxygen atoms in total. The Morgan fingerprint density at radius 1 is 1.17 bits per heavy atom. The highest BCUT2D eigenvalue weighted by molar-refractivity contribution is 6.02. The summed E-state index contributed by atoms with van der Waals surface area (Å²) in [6.07, 6.45) is -0.622. The number of nitrogens with zero attached hydrogens (tertiary/aromatic N) is 2. The van der Waals surface area contributed by atoms with Crippen molar-refractivity contribution < 1.29 is 9.59 Å². The first-order valence-electron chi connectivity index (χ1n) is 7.54. The Kier molecular flexibility index (Phi) is 3.19. The highest BCUT2D eigenvalue weighted by Crippen LogP contribution is 2.31. The summed E-state index contributed by atoms with van der Waals surface area (Å²) in [4.78, 5) is 32.1. The van der Waals surface area contributed by atoms with Crippen LogP contribution in [0.5, 0.6) is 0 Å². The second-order valence-electron chi connectivity index (χ2n) is 5.57. The Hall–Kier alpha value is -3.35. The minimum atomic E-state index is -0.622. The van der Waals surface area contributed by atoms with Gasteiger partial charge in [0.2, 0.25) is 5.91 Å². The fraction of sp³-hybridized carbons (Fsp3) is 0.118. The molecule has 0 radical (unpaired) electrons. The number of hydrogen-bond donors (Lipinski definition) is 3. The number of hydrazine groups is 1. The molecule has 2 heterocycles. The number of carbonyl (C=O) groups is 2. The first-order chi connectivity index (χ1) is 11.6. The number of imidazole rings is 1. The molecule has 0 aliphatic carbocycles. The summed E-state index contributed by atoms with van der Waals surface area (Å²) in [7, 11) is 0. The molecule has 4 rings (SSSR count). The average molecular weight is 321 g/mol. The number of H-pyrrole nitrogens is 1. The third-order valence-electron chi connectivity index (χ3n) is 3.87. The predicted octanol–water partition coefficient (Wildman–Crippen LogP) is 2.18. The van der Waals surface area contributed by atoms with Gasteiger partial charge in [0.1, 0.15) is 0 Å². The molecule has 24 heavy (non-hydrogen) atoms. The van der Waals surface area contributed by atoms with E-state index in [1.165, 1.54) is 11.9 Å². The minimum Gasteiger partial charge on any atom is -0.357 e. The van der Waals surface area contributed by atoms with Gasteiger partial charge in [-0.25, -0.2) is 9.99 Å². The van der Waals surface area contributed by atoms with Gasteiger partial charge < -0.3 is 10.3 Å². The van der Waals surface area contributed by atoms with Crippen LogP contribution in [0.3, 0.4) is 0 Å². The first kappa shape index (κ1) is 14.3. The number of anilines is 1. The number of rotatable bonds is 2. The van der Waals surface area contributed by atoms with E-state index in [0.717, 1.165) is 11.0 Å². The summed E-state index contributed by atoms with van der Waals surface area (Å²) < 4.78 is 0. The molecule has 0 bridgehead atoms. The summed E-state index contributed by atoms with van der Waals surface area (Å²) in [5.74, 6) is -0.0662. The van der Waals surface area contributed by atoms with Gasteiger partial charge in [-0.1, -0.05) is 24.3 Å². The lowest BCUT2D eigenvalue weighted by atomic mass is 10.1. The largest absolute Gasteiger partial charge is 0.357 e. The molecule has 0 spiro atoms. The quantitative estimate of drug-likeness (QED) is 0.675. The Balaban J connectivity index is 1.81. The van der Waals surface area contributed by atoms with Gasteiger partial charge >= 0.3 is 0 Å². The van der Waals surface area contributed by atoms with Gasteiger partial charge in [0.05, 0.1) is 16.6 Å². The molecule has 0 saturated heterocycles. The predicted molar refractivity (Wildman–Crippen MR) is 88.9 cm³/mol. The first-order valence-corrected chi connectivity index (χ1v) is 7.54. The van der Waals surface area contributed by atoms with E-state index < -0.39 is 6.17 Å². The van der Waals surface area contributed by atoms with Crippen LogP contribution in [0.4, 0.5) is 5.69 Å². The SMILES string of the molecule is CC(=O)NN1C(=O)c2ccccc2N[C@H]1c1nc2ccccc2[nH]1. The number of para-hydroxylation sites is 3. The molecule has 1 aliphatic heterocycles. The van der Waals surface area contributed by atoms with E-state index in [1.54, 1.807) is 12.1 Å². The van der Waals surface area contributed by atoms with E-state index in [-0.39, 0.29) is 11.8 Å². The normalized spacial score (nSPS) is 16.6. The fourth-order valence-electron chi connectivity index (χ4n) is 2.83. The second-order valence-corrected chi connectivity index (χ2v) is 5.57. The fourth-order valence-corrected chi connectivity index (χ4v) is 2.83. The number of nitrogens with one attached hydrogen (secondary N) is 3. The molecule has 3 aromatic rings. The number of aromatic amines is 1. The molecule has 7 heteroatoms. The van der Waals surface area contributed by atoms with Gasteiger partial charge in [-0.05, 0) is 24.3 Å². The van der Waals surface area contributed by atoms with Crippen LogP contribution in [0.25, 0.3) is 11.0 Å². The summed E-state index contributed by atoms with van der Waals surface area (Å²) >= 11 is 0. The Morgan fingerprint density at radius 2 is 1.92 bits per heavy atom. The zero-order valence-corrected chi connectivity index (χ0v) is 12.9. The lowest BCUT2D eigenvalue weighted by molar-refractivity contribution is -0.123. The number of benzene rings is 2.